The number of likely N-dealkylation sites (N-methyl/N-ethyl adjacent to an activating group) is 2. The Hall–Kier alpha value is -5.27. The maximum absolute atomic E-state index is 14.5. The van der Waals surface area contributed by atoms with Crippen molar-refractivity contribution < 1.29 is 48.6 Å². The van der Waals surface area contributed by atoms with Crippen LogP contribution in [0.1, 0.15) is 80.2 Å². The molecule has 19 heteroatoms. The summed E-state index contributed by atoms with van der Waals surface area (Å²) >= 11 is 0.960. The van der Waals surface area contributed by atoms with Crippen LogP contribution in [0, 0.1) is 11.3 Å². The number of carbonyl (C=O) groups is 8. The number of aromatic nitrogens is 1. The van der Waals surface area contributed by atoms with E-state index in [4.69, 9.17) is 10.8 Å². The molecule has 1 fully saturated rings. The van der Waals surface area contributed by atoms with Gasteiger partial charge in [-0.2, -0.15) is 0 Å². The minimum atomic E-state index is -1.31. The lowest BCUT2D eigenvalue weighted by atomic mass is 9.76. The molecule has 63 heavy (non-hydrogen) atoms. The van der Waals surface area contributed by atoms with Gasteiger partial charge in [-0.15, -0.1) is 11.8 Å². The summed E-state index contributed by atoms with van der Waals surface area (Å²) in [5.74, 6) is -5.97. The summed E-state index contributed by atoms with van der Waals surface area (Å²) < 4.78 is 2.02. The Morgan fingerprint density at radius 3 is 2.21 bits per heavy atom. The highest BCUT2D eigenvalue weighted by molar-refractivity contribution is 8.00. The van der Waals surface area contributed by atoms with Crippen LogP contribution in [0.15, 0.2) is 42.1 Å². The third kappa shape index (κ3) is 13.1. The first-order chi connectivity index (χ1) is 29.2. The number of benzene rings is 1. The Morgan fingerprint density at radius 2 is 1.63 bits per heavy atom. The number of hydrogen-bond acceptors (Lipinski definition) is 11. The summed E-state index contributed by atoms with van der Waals surface area (Å²) in [5, 5.41) is 30.0. The second-order valence-corrected chi connectivity index (χ2v) is 19.3. The van der Waals surface area contributed by atoms with E-state index in [0.29, 0.717) is 0 Å². The lowest BCUT2D eigenvalue weighted by molar-refractivity contribution is -0.141. The van der Waals surface area contributed by atoms with Gasteiger partial charge in [0.1, 0.15) is 18.1 Å². The molecule has 0 saturated carbocycles. The molecule has 0 radical (unpaired) electrons. The lowest BCUT2D eigenvalue weighted by Crippen LogP contribution is -2.61. The fourth-order valence-electron chi connectivity index (χ4n) is 7.67. The normalized spacial score (nSPS) is 17.3. The highest BCUT2D eigenvalue weighted by Gasteiger charge is 2.43. The number of hydrogen-bond donors (Lipinski definition) is 7. The van der Waals surface area contributed by atoms with Crippen LogP contribution in [-0.2, 0) is 50.8 Å². The molecule has 2 aromatic rings. The van der Waals surface area contributed by atoms with Crippen molar-refractivity contribution >= 4 is 70.0 Å². The molecule has 1 saturated heterocycles. The second kappa shape index (κ2) is 21.9. The third-order valence-corrected chi connectivity index (χ3v) is 12.7. The number of amides is 6. The summed E-state index contributed by atoms with van der Waals surface area (Å²) in [5.41, 5.74) is 6.21. The number of nitrogens with two attached hydrogens (primary N) is 1. The van der Waals surface area contributed by atoms with Gasteiger partial charge in [-0.1, -0.05) is 72.7 Å². The van der Waals surface area contributed by atoms with Crippen LogP contribution in [0.2, 0.25) is 0 Å². The minimum Gasteiger partial charge on any atom is -0.481 e. The highest BCUT2D eigenvalue weighted by atomic mass is 32.2. The van der Waals surface area contributed by atoms with Crippen molar-refractivity contribution in [2.24, 2.45) is 24.1 Å². The molecule has 0 aliphatic carbocycles. The van der Waals surface area contributed by atoms with E-state index >= 15 is 0 Å². The molecule has 3 rings (SSSR count). The zero-order valence-corrected chi connectivity index (χ0v) is 39.1. The third-order valence-electron chi connectivity index (χ3n) is 11.4. The Bertz CT molecular complexity index is 2080. The highest BCUT2D eigenvalue weighted by Crippen LogP contribution is 2.35. The van der Waals surface area contributed by atoms with Gasteiger partial charge in [0.15, 0.2) is 0 Å². The summed E-state index contributed by atoms with van der Waals surface area (Å²) in [6.07, 6.45) is 2.73. The molecular formula is C44H66N8O10S. The van der Waals surface area contributed by atoms with Gasteiger partial charge in [-0.25, -0.2) is 0 Å². The summed E-state index contributed by atoms with van der Waals surface area (Å²) in [6, 6.07) is 3.07. The van der Waals surface area contributed by atoms with Crippen molar-refractivity contribution in [3.63, 3.8) is 0 Å². The monoisotopic (exact) mass is 898 g/mol. The zero-order chi connectivity index (χ0) is 47.7. The van der Waals surface area contributed by atoms with Crippen LogP contribution < -0.4 is 27.0 Å². The Labute approximate surface area is 373 Å². The predicted molar refractivity (Wildman–Crippen MR) is 240 cm³/mol. The van der Waals surface area contributed by atoms with Crippen molar-refractivity contribution in [1.82, 2.24) is 35.6 Å². The maximum atomic E-state index is 14.5. The fraction of sp³-hybridized carbons (Fsp3) is 0.591. The van der Waals surface area contributed by atoms with Crippen LogP contribution >= 0.6 is 11.8 Å². The molecule has 1 aromatic carbocycles. The van der Waals surface area contributed by atoms with Crippen molar-refractivity contribution in [3.8, 4) is 0 Å². The first-order valence-corrected chi connectivity index (χ1v) is 22.0. The SMILES string of the molecule is CN[C@H](C(=O)N[C@H](C(=O)N(C)[C@H](/C=C(\C)C(=O)N[C@@H](CCC(=O)O)C(=O)NCCN1C(=O)CC(SC[C@H](N)C(=O)O)C1=O)C(C)C)C(C)(C)C)C(C)(C)c1cn(C)c2ccccc12. The average molecular weight is 899 g/mol. The Kier molecular flexibility index (Phi) is 18.1. The van der Waals surface area contributed by atoms with E-state index in [1.807, 2.05) is 90.5 Å². The molecule has 1 aromatic heterocycles. The molecule has 1 unspecified atom stereocenters. The van der Waals surface area contributed by atoms with Gasteiger partial charge in [-0.3, -0.25) is 43.3 Å². The second-order valence-electron chi connectivity index (χ2n) is 18.1. The number of fused-ring (bicyclic) bond motifs is 1. The van der Waals surface area contributed by atoms with E-state index in [1.54, 1.807) is 20.2 Å². The van der Waals surface area contributed by atoms with Crippen molar-refractivity contribution in [2.75, 3.05) is 32.9 Å². The molecule has 8 N–H and O–H groups in total. The van der Waals surface area contributed by atoms with Gasteiger partial charge >= 0.3 is 11.9 Å². The number of carbonyl (C=O) groups excluding carboxylic acids is 6. The number of imide groups is 1. The number of carboxylic acid groups (broad SMARTS) is 2. The molecule has 348 valence electrons. The van der Waals surface area contributed by atoms with E-state index in [1.165, 1.54) is 11.8 Å². The summed E-state index contributed by atoms with van der Waals surface area (Å²) in [7, 11) is 5.26. The molecule has 1 aliphatic heterocycles. The van der Waals surface area contributed by atoms with E-state index < -0.39 is 88.3 Å². The largest absolute Gasteiger partial charge is 0.481 e. The van der Waals surface area contributed by atoms with Crippen LogP contribution in [0.5, 0.6) is 0 Å². The van der Waals surface area contributed by atoms with Crippen LogP contribution in [0.25, 0.3) is 10.9 Å². The number of thioether (sulfide) groups is 1. The molecular weight excluding hydrogens is 833 g/mol. The van der Waals surface area contributed by atoms with Gasteiger partial charge < -0.3 is 46.7 Å². The molecule has 6 amide bonds. The van der Waals surface area contributed by atoms with Crippen LogP contribution in [0.3, 0.4) is 0 Å². The van der Waals surface area contributed by atoms with Gasteiger partial charge in [0, 0.05) is 73.9 Å². The minimum absolute atomic E-state index is 0.0771. The summed E-state index contributed by atoms with van der Waals surface area (Å²) in [6.45, 7) is 14.4. The average Bonchev–Trinajstić information content (AvgIpc) is 3.69. The number of nitrogens with zero attached hydrogens (tertiary/aromatic N) is 3. The van der Waals surface area contributed by atoms with Crippen LogP contribution in [0.4, 0.5) is 0 Å². The summed E-state index contributed by atoms with van der Waals surface area (Å²) in [4.78, 5) is 106. The van der Waals surface area contributed by atoms with Crippen molar-refractivity contribution in [1.29, 1.82) is 0 Å². The van der Waals surface area contributed by atoms with Gasteiger partial charge in [0.05, 0.1) is 17.3 Å². The molecule has 2 heterocycles. The van der Waals surface area contributed by atoms with Gasteiger partial charge in [0.2, 0.25) is 35.4 Å². The standard InChI is InChI=1S/C44H66N8O10S/c1-24(2)31(51(11)41(60)36(43(4,5)6)49-39(58)35(46-9)44(7,8)27-22-50(10)30-15-13-12-14-26(27)30)20-25(3)37(56)48-29(16-17-34(54)55)38(57)47-18-19-52-33(53)21-32(40(52)59)63-23-28(45)42(61)62/h12-15,20,22,24,28-29,31-32,35-36,46H,16-19,21,23,45H2,1-11H3,(H,47,57)(H,48,56)(H,49,58)(H,54,55)(H,61,62)/b25-20+/t28-,29-,31+,32?,35+,36+/m0/s1. The topological polar surface area (TPSA) is 263 Å². The predicted octanol–water partition coefficient (Wildman–Crippen LogP) is 1.74. The van der Waals surface area contributed by atoms with E-state index in [-0.39, 0.29) is 55.0 Å². The molecule has 18 nitrogen and oxygen atoms in total. The van der Waals surface area contributed by atoms with E-state index in [0.717, 1.165) is 33.1 Å². The smallest absolute Gasteiger partial charge is 0.321 e. The van der Waals surface area contributed by atoms with Crippen LogP contribution in [-0.4, -0.2) is 140 Å². The molecule has 0 bridgehead atoms. The number of likely N-dealkylation sites (tertiary alicyclic amines) is 1. The number of nitrogens with one attached hydrogen (secondary N) is 4. The zero-order valence-electron chi connectivity index (χ0n) is 38.2. The Morgan fingerprint density at radius 1 is 1.00 bits per heavy atom. The molecule has 6 atom stereocenters. The Balaban J connectivity index is 1.75. The van der Waals surface area contributed by atoms with E-state index in [9.17, 15) is 43.5 Å². The molecule has 0 spiro atoms. The van der Waals surface area contributed by atoms with Gasteiger partial charge in [0.25, 0.3) is 0 Å². The number of rotatable bonds is 22. The first kappa shape index (κ1) is 52.1. The van der Waals surface area contributed by atoms with E-state index in [2.05, 4.69) is 21.3 Å². The quantitative estimate of drug-likeness (QED) is 0.0657. The number of aliphatic carboxylic acids is 2. The van der Waals surface area contributed by atoms with Gasteiger partial charge in [-0.05, 0) is 43.4 Å². The number of para-hydroxylation sites is 1. The lowest BCUT2D eigenvalue weighted by Gasteiger charge is -2.39. The fourth-order valence-corrected chi connectivity index (χ4v) is 8.78. The van der Waals surface area contributed by atoms with Crippen molar-refractivity contribution in [2.45, 2.75) is 116 Å². The molecule has 1 aliphatic rings. The maximum Gasteiger partial charge on any atom is 0.321 e. The van der Waals surface area contributed by atoms with Crippen molar-refractivity contribution in [3.05, 3.63) is 47.7 Å². The number of aryl methyl sites for hydroxylation is 1. The number of carboxylic acids is 2. The first-order valence-electron chi connectivity index (χ1n) is 21.0.